The highest BCUT2D eigenvalue weighted by Gasteiger charge is 2.21. The largest absolute Gasteiger partial charge is 0.481 e. The fourth-order valence-electron chi connectivity index (χ4n) is 1.34. The Bertz CT molecular complexity index is 487. The molecular formula is C10H13N3O5S. The maximum absolute atomic E-state index is 11.6. The Morgan fingerprint density at radius 1 is 1.42 bits per heavy atom. The van der Waals surface area contributed by atoms with Gasteiger partial charge in [-0.2, -0.15) is 0 Å². The molecule has 0 aliphatic carbocycles. The molecular weight excluding hydrogens is 274 g/mol. The van der Waals surface area contributed by atoms with E-state index in [1.54, 1.807) is 5.38 Å². The summed E-state index contributed by atoms with van der Waals surface area (Å²) in [5.41, 5.74) is 5.85. The molecule has 0 spiro atoms. The van der Waals surface area contributed by atoms with Gasteiger partial charge in [-0.3, -0.25) is 9.59 Å². The minimum atomic E-state index is -1.27. The molecule has 1 rings (SSSR count). The fraction of sp³-hybridized carbons (Fsp3) is 0.400. The van der Waals surface area contributed by atoms with E-state index in [0.717, 1.165) is 0 Å². The molecule has 0 radical (unpaired) electrons. The maximum Gasteiger partial charge on any atom is 0.326 e. The third-order valence-corrected chi connectivity index (χ3v) is 2.91. The van der Waals surface area contributed by atoms with Crippen molar-refractivity contribution in [2.45, 2.75) is 25.3 Å². The zero-order valence-electron chi connectivity index (χ0n) is 9.83. The summed E-state index contributed by atoms with van der Waals surface area (Å²) >= 11 is 1.18. The first-order chi connectivity index (χ1) is 8.88. The van der Waals surface area contributed by atoms with E-state index in [-0.39, 0.29) is 19.3 Å². The van der Waals surface area contributed by atoms with Crippen LogP contribution in [0.1, 0.15) is 18.5 Å². The number of nitrogen functional groups attached to an aromatic ring is 1. The molecule has 0 saturated heterocycles. The number of nitrogens with one attached hydrogen (secondary N) is 1. The quantitative estimate of drug-likeness (QED) is 0.539. The smallest absolute Gasteiger partial charge is 0.326 e. The summed E-state index contributed by atoms with van der Waals surface area (Å²) in [5.74, 6) is -2.93. The molecule has 1 heterocycles. The minimum Gasteiger partial charge on any atom is -0.481 e. The lowest BCUT2D eigenvalue weighted by Gasteiger charge is -2.12. The number of amides is 1. The first-order valence-electron chi connectivity index (χ1n) is 5.32. The number of anilines is 1. The molecule has 104 valence electrons. The van der Waals surface area contributed by atoms with Gasteiger partial charge in [0.15, 0.2) is 5.13 Å². The van der Waals surface area contributed by atoms with Crippen molar-refractivity contribution in [3.05, 3.63) is 11.1 Å². The number of aromatic nitrogens is 1. The highest BCUT2D eigenvalue weighted by molar-refractivity contribution is 7.13. The van der Waals surface area contributed by atoms with Crippen LogP contribution in [0, 0.1) is 0 Å². The zero-order valence-corrected chi connectivity index (χ0v) is 10.6. The molecule has 0 unspecified atom stereocenters. The van der Waals surface area contributed by atoms with E-state index in [1.165, 1.54) is 11.3 Å². The highest BCUT2D eigenvalue weighted by atomic mass is 32.1. The summed E-state index contributed by atoms with van der Waals surface area (Å²) < 4.78 is 0. The summed E-state index contributed by atoms with van der Waals surface area (Å²) in [6.45, 7) is 0. The normalized spacial score (nSPS) is 11.8. The SMILES string of the molecule is Nc1nc(CC(=O)N[C@@H](CCC(=O)O)C(=O)O)cs1. The molecule has 1 atom stereocenters. The Hall–Kier alpha value is -2.16. The van der Waals surface area contributed by atoms with E-state index < -0.39 is 23.9 Å². The maximum atomic E-state index is 11.6. The lowest BCUT2D eigenvalue weighted by molar-refractivity contribution is -0.143. The third kappa shape index (κ3) is 5.34. The summed E-state index contributed by atoms with van der Waals surface area (Å²) in [6.07, 6.45) is -0.596. The first kappa shape index (κ1) is 14.9. The number of thiazole rings is 1. The van der Waals surface area contributed by atoms with Crippen molar-refractivity contribution in [3.63, 3.8) is 0 Å². The van der Waals surface area contributed by atoms with Gasteiger partial charge >= 0.3 is 11.9 Å². The Morgan fingerprint density at radius 3 is 2.58 bits per heavy atom. The molecule has 1 amide bonds. The van der Waals surface area contributed by atoms with Gasteiger partial charge in [0, 0.05) is 11.8 Å². The Balaban J connectivity index is 2.51. The highest BCUT2D eigenvalue weighted by Crippen LogP contribution is 2.11. The second kappa shape index (κ2) is 6.69. The number of hydrogen-bond acceptors (Lipinski definition) is 6. The number of nitrogens with zero attached hydrogens (tertiary/aromatic N) is 1. The predicted molar refractivity (Wildman–Crippen MR) is 66.7 cm³/mol. The van der Waals surface area contributed by atoms with Crippen molar-refractivity contribution in [3.8, 4) is 0 Å². The van der Waals surface area contributed by atoms with Crippen LogP contribution in [0.4, 0.5) is 5.13 Å². The van der Waals surface area contributed by atoms with E-state index in [2.05, 4.69) is 10.3 Å². The van der Waals surface area contributed by atoms with Crippen LogP contribution in [0.3, 0.4) is 0 Å². The van der Waals surface area contributed by atoms with Crippen LogP contribution >= 0.6 is 11.3 Å². The van der Waals surface area contributed by atoms with Crippen molar-refractivity contribution in [2.75, 3.05) is 5.73 Å². The Morgan fingerprint density at radius 2 is 2.11 bits per heavy atom. The zero-order chi connectivity index (χ0) is 14.4. The molecule has 0 aromatic carbocycles. The Kier molecular flexibility index (Phi) is 5.24. The molecule has 0 bridgehead atoms. The van der Waals surface area contributed by atoms with Crippen LogP contribution in [0.15, 0.2) is 5.38 Å². The average Bonchev–Trinajstić information content (AvgIpc) is 2.69. The molecule has 1 aromatic heterocycles. The van der Waals surface area contributed by atoms with Gasteiger partial charge in [0.1, 0.15) is 6.04 Å². The molecule has 19 heavy (non-hydrogen) atoms. The number of rotatable bonds is 7. The summed E-state index contributed by atoms with van der Waals surface area (Å²) in [5, 5.41) is 21.5. The van der Waals surface area contributed by atoms with E-state index in [1.807, 2.05) is 0 Å². The number of carboxylic acids is 2. The summed E-state index contributed by atoms with van der Waals surface area (Å²) in [4.78, 5) is 36.7. The molecule has 9 heteroatoms. The predicted octanol–water partition coefficient (Wildman–Crippen LogP) is -0.298. The molecule has 0 aliphatic rings. The second-order valence-electron chi connectivity index (χ2n) is 3.74. The van der Waals surface area contributed by atoms with Gasteiger partial charge in [-0.15, -0.1) is 11.3 Å². The molecule has 5 N–H and O–H groups in total. The molecule has 8 nitrogen and oxygen atoms in total. The molecule has 0 aliphatic heterocycles. The van der Waals surface area contributed by atoms with Gasteiger partial charge in [-0.05, 0) is 6.42 Å². The number of carbonyl (C=O) groups is 3. The average molecular weight is 287 g/mol. The minimum absolute atomic E-state index is 0.0927. The molecule has 0 fully saturated rings. The van der Waals surface area contributed by atoms with Crippen molar-refractivity contribution < 1.29 is 24.6 Å². The van der Waals surface area contributed by atoms with Crippen LogP contribution in [-0.4, -0.2) is 39.1 Å². The van der Waals surface area contributed by atoms with Gasteiger partial charge in [0.2, 0.25) is 5.91 Å². The number of nitrogens with two attached hydrogens (primary N) is 1. The monoisotopic (exact) mass is 287 g/mol. The molecule has 1 aromatic rings. The summed E-state index contributed by atoms with van der Waals surface area (Å²) in [7, 11) is 0. The second-order valence-corrected chi connectivity index (χ2v) is 4.63. The lowest BCUT2D eigenvalue weighted by atomic mass is 10.1. The van der Waals surface area contributed by atoms with Crippen molar-refractivity contribution >= 4 is 34.3 Å². The number of carbonyl (C=O) groups excluding carboxylic acids is 1. The van der Waals surface area contributed by atoms with Crippen LogP contribution in [0.25, 0.3) is 0 Å². The van der Waals surface area contributed by atoms with Crippen LogP contribution in [0.2, 0.25) is 0 Å². The standard InChI is InChI=1S/C10H13N3O5S/c11-10-12-5(4-19-10)3-7(14)13-6(9(17)18)1-2-8(15)16/h4,6H,1-3H2,(H2,11,12)(H,13,14)(H,15,16)(H,17,18)/t6-/m0/s1. The summed E-state index contributed by atoms with van der Waals surface area (Å²) in [6, 6.07) is -1.22. The van der Waals surface area contributed by atoms with E-state index in [0.29, 0.717) is 10.8 Å². The van der Waals surface area contributed by atoms with Crippen LogP contribution < -0.4 is 11.1 Å². The fourth-order valence-corrected chi connectivity index (χ4v) is 1.90. The van der Waals surface area contributed by atoms with Crippen molar-refractivity contribution in [1.29, 1.82) is 0 Å². The van der Waals surface area contributed by atoms with Gasteiger partial charge < -0.3 is 21.3 Å². The van der Waals surface area contributed by atoms with E-state index in [4.69, 9.17) is 15.9 Å². The topological polar surface area (TPSA) is 143 Å². The number of carboxylic acid groups (broad SMARTS) is 2. The van der Waals surface area contributed by atoms with E-state index in [9.17, 15) is 14.4 Å². The van der Waals surface area contributed by atoms with Gasteiger partial charge in [0.25, 0.3) is 0 Å². The van der Waals surface area contributed by atoms with Gasteiger partial charge in [0.05, 0.1) is 12.1 Å². The van der Waals surface area contributed by atoms with Gasteiger partial charge in [-0.1, -0.05) is 0 Å². The lowest BCUT2D eigenvalue weighted by Crippen LogP contribution is -2.41. The van der Waals surface area contributed by atoms with Crippen molar-refractivity contribution in [1.82, 2.24) is 10.3 Å². The van der Waals surface area contributed by atoms with E-state index >= 15 is 0 Å². The third-order valence-electron chi connectivity index (χ3n) is 2.19. The van der Waals surface area contributed by atoms with Crippen LogP contribution in [0.5, 0.6) is 0 Å². The van der Waals surface area contributed by atoms with Crippen LogP contribution in [-0.2, 0) is 20.8 Å². The number of hydrogen-bond donors (Lipinski definition) is 4. The van der Waals surface area contributed by atoms with Crippen molar-refractivity contribution in [2.24, 2.45) is 0 Å². The number of aliphatic carboxylic acids is 2. The van der Waals surface area contributed by atoms with Gasteiger partial charge in [-0.25, -0.2) is 9.78 Å². The Labute approximate surface area is 112 Å². The first-order valence-corrected chi connectivity index (χ1v) is 6.20. The molecule has 0 saturated carbocycles.